The lowest BCUT2D eigenvalue weighted by Crippen LogP contribution is -2.39. The van der Waals surface area contributed by atoms with Crippen molar-refractivity contribution >= 4 is 11.6 Å². The van der Waals surface area contributed by atoms with Crippen molar-refractivity contribution in [1.82, 2.24) is 9.97 Å². The molecule has 1 fully saturated rings. The fraction of sp³-hybridized carbons (Fsp3) is 0.733. The summed E-state index contributed by atoms with van der Waals surface area (Å²) < 4.78 is 0. The van der Waals surface area contributed by atoms with E-state index in [9.17, 15) is 0 Å². The predicted molar refractivity (Wildman–Crippen MR) is 83.8 cm³/mol. The highest BCUT2D eigenvalue weighted by atomic mass is 15.3. The molecule has 2 rings (SSSR count). The zero-order valence-corrected chi connectivity index (χ0v) is 13.1. The summed E-state index contributed by atoms with van der Waals surface area (Å²) in [6, 6.07) is 2.50. The molecule has 1 aromatic heterocycles. The van der Waals surface area contributed by atoms with E-state index in [1.54, 1.807) is 0 Å². The van der Waals surface area contributed by atoms with E-state index < -0.39 is 0 Å². The molecule has 0 aromatic carbocycles. The van der Waals surface area contributed by atoms with Crippen LogP contribution in [0.4, 0.5) is 11.6 Å². The molecule has 5 heteroatoms. The Bertz CT molecular complexity index is 446. The average Bonchev–Trinajstić information content (AvgIpc) is 2.46. The van der Waals surface area contributed by atoms with Gasteiger partial charge in [0, 0.05) is 25.1 Å². The molecule has 1 aliphatic rings. The van der Waals surface area contributed by atoms with Crippen molar-refractivity contribution in [1.29, 1.82) is 0 Å². The minimum Gasteiger partial charge on any atom is -0.356 e. The van der Waals surface area contributed by atoms with Crippen molar-refractivity contribution in [3.8, 4) is 0 Å². The lowest BCUT2D eigenvalue weighted by Gasteiger charge is -2.37. The summed E-state index contributed by atoms with van der Waals surface area (Å²) in [5.41, 5.74) is 2.65. The summed E-state index contributed by atoms with van der Waals surface area (Å²) in [4.78, 5) is 11.4. The second-order valence-electron chi connectivity index (χ2n) is 6.21. The largest absolute Gasteiger partial charge is 0.356 e. The number of nitrogen functional groups attached to an aromatic ring is 1. The molecule has 1 aliphatic carbocycles. The van der Waals surface area contributed by atoms with Crippen LogP contribution in [-0.4, -0.2) is 23.1 Å². The summed E-state index contributed by atoms with van der Waals surface area (Å²) in [5, 5.41) is 0. The molecule has 0 saturated heterocycles. The highest BCUT2D eigenvalue weighted by Crippen LogP contribution is 2.30. The van der Waals surface area contributed by atoms with E-state index in [-0.39, 0.29) is 0 Å². The van der Waals surface area contributed by atoms with Crippen LogP contribution in [0.3, 0.4) is 0 Å². The van der Waals surface area contributed by atoms with Crippen LogP contribution >= 0.6 is 0 Å². The van der Waals surface area contributed by atoms with Gasteiger partial charge in [0.05, 0.1) is 0 Å². The summed E-state index contributed by atoms with van der Waals surface area (Å²) in [5.74, 6) is 9.03. The quantitative estimate of drug-likeness (QED) is 0.654. The van der Waals surface area contributed by atoms with Crippen LogP contribution in [0.25, 0.3) is 0 Å². The Morgan fingerprint density at radius 3 is 2.60 bits per heavy atom. The Labute approximate surface area is 121 Å². The summed E-state index contributed by atoms with van der Waals surface area (Å²) in [6.07, 6.45) is 5.20. The van der Waals surface area contributed by atoms with Gasteiger partial charge in [0.2, 0.25) is 0 Å². The molecule has 0 aliphatic heterocycles. The number of aromatic nitrogens is 2. The molecule has 0 radical (unpaired) electrons. The number of rotatable bonds is 4. The number of nitrogens with one attached hydrogen (secondary N) is 1. The highest BCUT2D eigenvalue weighted by Gasteiger charge is 2.26. The van der Waals surface area contributed by atoms with Gasteiger partial charge < -0.3 is 10.3 Å². The molecular formula is C15H27N5. The molecule has 5 nitrogen and oxygen atoms in total. The van der Waals surface area contributed by atoms with Crippen LogP contribution in [0.15, 0.2) is 6.07 Å². The zero-order valence-electron chi connectivity index (χ0n) is 13.1. The number of nitrogens with two attached hydrogens (primary N) is 1. The summed E-state index contributed by atoms with van der Waals surface area (Å²) in [6.45, 7) is 6.54. The van der Waals surface area contributed by atoms with Crippen molar-refractivity contribution in [2.75, 3.05) is 17.4 Å². The topological polar surface area (TPSA) is 67.1 Å². The van der Waals surface area contributed by atoms with Gasteiger partial charge in [0.25, 0.3) is 0 Å². The van der Waals surface area contributed by atoms with E-state index in [2.05, 4.69) is 43.1 Å². The first-order valence-electron chi connectivity index (χ1n) is 7.61. The van der Waals surface area contributed by atoms with Gasteiger partial charge in [0.1, 0.15) is 17.5 Å². The molecule has 1 aromatic rings. The molecule has 2 atom stereocenters. The Kier molecular flexibility index (Phi) is 4.81. The molecule has 112 valence electrons. The van der Waals surface area contributed by atoms with Gasteiger partial charge in [-0.05, 0) is 18.8 Å². The van der Waals surface area contributed by atoms with E-state index in [4.69, 9.17) is 10.8 Å². The van der Waals surface area contributed by atoms with E-state index in [0.717, 1.165) is 11.6 Å². The predicted octanol–water partition coefficient (Wildman–Crippen LogP) is 2.90. The van der Waals surface area contributed by atoms with Crippen molar-refractivity contribution in [2.45, 2.75) is 58.4 Å². The Balaban J connectivity index is 2.28. The van der Waals surface area contributed by atoms with Gasteiger partial charge in [0.15, 0.2) is 0 Å². The average molecular weight is 277 g/mol. The highest BCUT2D eigenvalue weighted by molar-refractivity contribution is 5.49. The fourth-order valence-electron chi connectivity index (χ4n) is 3.01. The Hall–Kier alpha value is -1.36. The van der Waals surface area contributed by atoms with Crippen molar-refractivity contribution in [3.63, 3.8) is 0 Å². The first-order chi connectivity index (χ1) is 9.52. The van der Waals surface area contributed by atoms with E-state index in [1.807, 2.05) is 6.07 Å². The lowest BCUT2D eigenvalue weighted by molar-refractivity contribution is 0.320. The van der Waals surface area contributed by atoms with Gasteiger partial charge in [-0.2, -0.15) is 0 Å². The first-order valence-corrected chi connectivity index (χ1v) is 7.61. The van der Waals surface area contributed by atoms with E-state index >= 15 is 0 Å². The Morgan fingerprint density at radius 1 is 1.30 bits per heavy atom. The van der Waals surface area contributed by atoms with Crippen LogP contribution in [0.1, 0.15) is 58.2 Å². The third kappa shape index (κ3) is 3.20. The van der Waals surface area contributed by atoms with Crippen molar-refractivity contribution < 1.29 is 0 Å². The fourth-order valence-corrected chi connectivity index (χ4v) is 3.01. The summed E-state index contributed by atoms with van der Waals surface area (Å²) in [7, 11) is 2.14. The number of nitrogens with zero attached hydrogens (tertiary/aromatic N) is 3. The molecule has 1 heterocycles. The van der Waals surface area contributed by atoms with Crippen LogP contribution in [-0.2, 0) is 0 Å². The van der Waals surface area contributed by atoms with E-state index in [0.29, 0.717) is 23.7 Å². The van der Waals surface area contributed by atoms with Crippen molar-refractivity contribution in [3.05, 3.63) is 11.9 Å². The zero-order chi connectivity index (χ0) is 14.7. The Morgan fingerprint density at radius 2 is 2.00 bits per heavy atom. The second kappa shape index (κ2) is 6.39. The molecular weight excluding hydrogens is 250 g/mol. The maximum atomic E-state index is 5.53. The number of hydrogen-bond donors (Lipinski definition) is 2. The number of hydrazine groups is 1. The summed E-state index contributed by atoms with van der Waals surface area (Å²) >= 11 is 0. The molecule has 0 spiro atoms. The number of anilines is 2. The first kappa shape index (κ1) is 15.0. The van der Waals surface area contributed by atoms with Gasteiger partial charge in [-0.15, -0.1) is 0 Å². The van der Waals surface area contributed by atoms with Gasteiger partial charge in [-0.1, -0.05) is 33.6 Å². The van der Waals surface area contributed by atoms with Gasteiger partial charge in [-0.25, -0.2) is 15.8 Å². The minimum absolute atomic E-state index is 0.291. The van der Waals surface area contributed by atoms with Crippen LogP contribution < -0.4 is 16.2 Å². The van der Waals surface area contributed by atoms with Gasteiger partial charge >= 0.3 is 0 Å². The van der Waals surface area contributed by atoms with Gasteiger partial charge in [-0.3, -0.25) is 0 Å². The maximum absolute atomic E-state index is 5.53. The van der Waals surface area contributed by atoms with Crippen LogP contribution in [0, 0.1) is 5.92 Å². The molecule has 1 saturated carbocycles. The number of hydrogen-bond acceptors (Lipinski definition) is 5. The molecule has 2 unspecified atom stereocenters. The normalized spacial score (nSPS) is 22.9. The second-order valence-corrected chi connectivity index (χ2v) is 6.21. The third-order valence-electron chi connectivity index (χ3n) is 4.32. The standard InChI is InChI=1S/C15H27N5/c1-10(2)15-17-13(19-16)9-14(18-15)20(4)12-8-6-5-7-11(12)3/h9-12H,5-8,16H2,1-4H3,(H,17,18,19). The smallest absolute Gasteiger partial charge is 0.145 e. The lowest BCUT2D eigenvalue weighted by atomic mass is 9.85. The SMILES string of the molecule is CC(C)c1nc(NN)cc(N(C)C2CCCCC2C)n1. The monoisotopic (exact) mass is 277 g/mol. The molecule has 3 N–H and O–H groups in total. The molecule has 20 heavy (non-hydrogen) atoms. The maximum Gasteiger partial charge on any atom is 0.145 e. The van der Waals surface area contributed by atoms with Crippen LogP contribution in [0.2, 0.25) is 0 Å². The van der Waals surface area contributed by atoms with E-state index in [1.165, 1.54) is 25.7 Å². The minimum atomic E-state index is 0.291. The molecule has 0 bridgehead atoms. The van der Waals surface area contributed by atoms with Crippen molar-refractivity contribution in [2.24, 2.45) is 11.8 Å². The molecule has 0 amide bonds. The van der Waals surface area contributed by atoms with Crippen LogP contribution in [0.5, 0.6) is 0 Å². The third-order valence-corrected chi connectivity index (χ3v) is 4.32.